The van der Waals surface area contributed by atoms with Crippen molar-refractivity contribution in [2.75, 3.05) is 38.5 Å². The first kappa shape index (κ1) is 22.4. The number of likely N-dealkylation sites (N-methyl/N-ethyl adjacent to an activating group) is 1. The number of anilines is 1. The van der Waals surface area contributed by atoms with Crippen LogP contribution in [0.25, 0.3) is 11.3 Å². The summed E-state index contributed by atoms with van der Waals surface area (Å²) in [5.74, 6) is -0.265. The molecule has 0 spiro atoms. The Bertz CT molecular complexity index is 1250. The van der Waals surface area contributed by atoms with Crippen LogP contribution >= 0.6 is 11.6 Å². The fourth-order valence-electron chi connectivity index (χ4n) is 4.56. The molecule has 3 aliphatic rings. The molecule has 34 heavy (non-hydrogen) atoms. The summed E-state index contributed by atoms with van der Waals surface area (Å²) in [5, 5.41) is 6.99. The molecular formula is C26H26ClN5O2. The second-order valence-corrected chi connectivity index (χ2v) is 9.44. The minimum absolute atomic E-state index is 0.0407. The lowest BCUT2D eigenvalue weighted by molar-refractivity contribution is -0.129. The molecule has 0 radical (unpaired) electrons. The Morgan fingerprint density at radius 1 is 1.12 bits per heavy atom. The van der Waals surface area contributed by atoms with E-state index in [1.165, 1.54) is 0 Å². The minimum atomic E-state index is -0.881. The Kier molecular flexibility index (Phi) is 5.75. The van der Waals surface area contributed by atoms with Crippen LogP contribution in [0.5, 0.6) is 0 Å². The van der Waals surface area contributed by atoms with E-state index in [9.17, 15) is 9.59 Å². The molecule has 8 heteroatoms. The summed E-state index contributed by atoms with van der Waals surface area (Å²) in [4.78, 5) is 35.0. The summed E-state index contributed by atoms with van der Waals surface area (Å²) in [6, 6.07) is 15.0. The molecule has 1 saturated heterocycles. The van der Waals surface area contributed by atoms with Crippen molar-refractivity contribution in [1.29, 1.82) is 0 Å². The second kappa shape index (κ2) is 8.74. The molecular weight excluding hydrogens is 450 g/mol. The number of carbonyl (C=O) groups excluding carboxylic acids is 2. The van der Waals surface area contributed by atoms with Crippen LogP contribution in [-0.4, -0.2) is 66.6 Å². The van der Waals surface area contributed by atoms with E-state index in [0.717, 1.165) is 24.2 Å². The summed E-state index contributed by atoms with van der Waals surface area (Å²) >= 11 is 6.16. The van der Waals surface area contributed by atoms with Crippen LogP contribution in [0.1, 0.15) is 18.1 Å². The highest BCUT2D eigenvalue weighted by molar-refractivity contribution is 6.38. The first-order valence-corrected chi connectivity index (χ1v) is 11.7. The lowest BCUT2D eigenvalue weighted by atomic mass is 9.91. The van der Waals surface area contributed by atoms with E-state index in [1.54, 1.807) is 24.5 Å². The smallest absolute Gasteiger partial charge is 0.258 e. The van der Waals surface area contributed by atoms with Crippen molar-refractivity contribution < 1.29 is 9.59 Å². The Morgan fingerprint density at radius 2 is 1.85 bits per heavy atom. The SMILES string of the molecule is CN1CCN(C(=O)C2=CN=CC2(C)NC(=C2C(=O)Nc3cc(Cl)ccc32)c2ccccc2)CC1. The Hall–Kier alpha value is -3.42. The van der Waals surface area contributed by atoms with Crippen molar-refractivity contribution in [3.63, 3.8) is 0 Å². The van der Waals surface area contributed by atoms with E-state index < -0.39 is 5.54 Å². The molecule has 1 unspecified atom stereocenters. The van der Waals surface area contributed by atoms with Gasteiger partial charge in [0.1, 0.15) is 5.54 Å². The van der Waals surface area contributed by atoms with Crippen molar-refractivity contribution in [2.24, 2.45) is 4.99 Å². The molecule has 0 aromatic heterocycles. The molecule has 2 aromatic carbocycles. The van der Waals surface area contributed by atoms with E-state index in [2.05, 4.69) is 27.6 Å². The van der Waals surface area contributed by atoms with Crippen molar-refractivity contribution in [2.45, 2.75) is 12.5 Å². The average Bonchev–Trinajstić information content (AvgIpc) is 3.36. The third kappa shape index (κ3) is 4.02. The van der Waals surface area contributed by atoms with Crippen molar-refractivity contribution in [3.05, 3.63) is 76.5 Å². The fourth-order valence-corrected chi connectivity index (χ4v) is 4.73. The van der Waals surface area contributed by atoms with Gasteiger partial charge in [0.2, 0.25) is 0 Å². The third-order valence-electron chi connectivity index (χ3n) is 6.54. The number of fused-ring (bicyclic) bond motifs is 1. The molecule has 7 nitrogen and oxygen atoms in total. The van der Waals surface area contributed by atoms with Gasteiger partial charge in [-0.1, -0.05) is 48.0 Å². The van der Waals surface area contributed by atoms with Gasteiger partial charge in [-0.3, -0.25) is 14.6 Å². The van der Waals surface area contributed by atoms with Crippen LogP contribution in [0.4, 0.5) is 5.69 Å². The summed E-state index contributed by atoms with van der Waals surface area (Å²) in [6.45, 7) is 4.94. The number of halogens is 1. The van der Waals surface area contributed by atoms with Gasteiger partial charge in [0.15, 0.2) is 0 Å². The van der Waals surface area contributed by atoms with Gasteiger partial charge in [-0.05, 0) is 31.7 Å². The van der Waals surface area contributed by atoms with E-state index in [1.807, 2.05) is 48.2 Å². The van der Waals surface area contributed by atoms with Gasteiger partial charge in [-0.2, -0.15) is 0 Å². The molecule has 2 N–H and O–H groups in total. The standard InChI is InChI=1S/C26H26ClN5O2/c1-26(16-28-15-20(26)25(34)32-12-10-31(2)11-13-32)30-23(17-6-4-3-5-7-17)22-19-9-8-18(27)14-21(19)29-24(22)33/h3-9,14-16,30H,10-13H2,1-2H3,(H,29,33). The van der Waals surface area contributed by atoms with Crippen molar-refractivity contribution in [3.8, 4) is 0 Å². The van der Waals surface area contributed by atoms with Gasteiger partial charge in [-0.15, -0.1) is 0 Å². The van der Waals surface area contributed by atoms with Crippen molar-refractivity contribution in [1.82, 2.24) is 15.1 Å². The molecule has 0 bridgehead atoms. The number of nitrogens with one attached hydrogen (secondary N) is 2. The van der Waals surface area contributed by atoms with Crippen LogP contribution < -0.4 is 10.6 Å². The van der Waals surface area contributed by atoms with Gasteiger partial charge >= 0.3 is 0 Å². The maximum atomic E-state index is 13.5. The highest BCUT2D eigenvalue weighted by Crippen LogP contribution is 2.39. The molecule has 3 heterocycles. The van der Waals surface area contributed by atoms with Gasteiger partial charge in [-0.25, -0.2) is 0 Å². The summed E-state index contributed by atoms with van der Waals surface area (Å²) < 4.78 is 0. The minimum Gasteiger partial charge on any atom is -0.370 e. The Morgan fingerprint density at radius 3 is 2.59 bits per heavy atom. The van der Waals surface area contributed by atoms with Crippen LogP contribution in [0.15, 0.2) is 65.3 Å². The van der Waals surface area contributed by atoms with E-state index in [4.69, 9.17) is 11.6 Å². The molecule has 2 aromatic rings. The number of hydrogen-bond acceptors (Lipinski definition) is 5. The highest BCUT2D eigenvalue weighted by Gasteiger charge is 2.40. The maximum Gasteiger partial charge on any atom is 0.258 e. The number of carbonyl (C=O) groups is 2. The number of amides is 2. The van der Waals surface area contributed by atoms with E-state index in [0.29, 0.717) is 40.6 Å². The molecule has 2 amide bonds. The zero-order valence-electron chi connectivity index (χ0n) is 19.1. The van der Waals surface area contributed by atoms with Crippen LogP contribution in [0.2, 0.25) is 5.02 Å². The summed E-state index contributed by atoms with van der Waals surface area (Å²) in [6.07, 6.45) is 3.36. The lowest BCUT2D eigenvalue weighted by Gasteiger charge is -2.36. The number of rotatable bonds is 4. The van der Waals surface area contributed by atoms with Crippen LogP contribution in [0, 0.1) is 0 Å². The molecule has 0 saturated carbocycles. The first-order chi connectivity index (χ1) is 16.4. The van der Waals surface area contributed by atoms with Gasteiger partial charge in [0.25, 0.3) is 11.8 Å². The number of piperazine rings is 1. The Labute approximate surface area is 203 Å². The van der Waals surface area contributed by atoms with E-state index >= 15 is 0 Å². The molecule has 174 valence electrons. The lowest BCUT2D eigenvalue weighted by Crippen LogP contribution is -2.52. The Balaban J connectivity index is 1.55. The third-order valence-corrected chi connectivity index (χ3v) is 6.78. The van der Waals surface area contributed by atoms with E-state index in [-0.39, 0.29) is 11.8 Å². The highest BCUT2D eigenvalue weighted by atomic mass is 35.5. The normalized spacial score (nSPS) is 23.4. The first-order valence-electron chi connectivity index (χ1n) is 11.3. The van der Waals surface area contributed by atoms with Gasteiger partial charge < -0.3 is 20.4 Å². The zero-order chi connectivity index (χ0) is 23.9. The molecule has 1 fully saturated rings. The number of hydrogen-bond donors (Lipinski definition) is 2. The average molecular weight is 476 g/mol. The predicted octanol–water partition coefficient (Wildman–Crippen LogP) is 3.25. The fraction of sp³-hybridized carbons (Fsp3) is 0.269. The maximum absolute atomic E-state index is 13.5. The number of nitrogens with zero attached hydrogens (tertiary/aromatic N) is 3. The zero-order valence-corrected chi connectivity index (χ0v) is 19.9. The topological polar surface area (TPSA) is 77.0 Å². The summed E-state index contributed by atoms with van der Waals surface area (Å²) in [5.41, 5.74) is 3.07. The molecule has 5 rings (SSSR count). The van der Waals surface area contributed by atoms with Crippen molar-refractivity contribution >= 4 is 46.6 Å². The summed E-state index contributed by atoms with van der Waals surface area (Å²) in [7, 11) is 2.06. The molecule has 0 aliphatic carbocycles. The van der Waals surface area contributed by atoms with Crippen LogP contribution in [-0.2, 0) is 9.59 Å². The largest absolute Gasteiger partial charge is 0.370 e. The number of aliphatic imine (C=N–C) groups is 1. The predicted molar refractivity (Wildman–Crippen MR) is 136 cm³/mol. The second-order valence-electron chi connectivity index (χ2n) is 9.00. The number of benzene rings is 2. The van der Waals surface area contributed by atoms with Gasteiger partial charge in [0, 0.05) is 49.2 Å². The van der Waals surface area contributed by atoms with Gasteiger partial charge in [0.05, 0.1) is 22.5 Å². The quantitative estimate of drug-likeness (QED) is 0.665. The molecule has 1 atom stereocenters. The monoisotopic (exact) mass is 475 g/mol. The molecule has 3 aliphatic heterocycles. The van der Waals surface area contributed by atoms with Crippen LogP contribution in [0.3, 0.4) is 0 Å².